The Labute approximate surface area is 236 Å². The summed E-state index contributed by atoms with van der Waals surface area (Å²) in [6.07, 6.45) is 1.63. The molecule has 0 spiro atoms. The first-order valence-electron chi connectivity index (χ1n) is 14.2. The summed E-state index contributed by atoms with van der Waals surface area (Å²) in [5.74, 6) is 1.02. The van der Waals surface area contributed by atoms with Crippen LogP contribution in [0.2, 0.25) is 0 Å². The van der Waals surface area contributed by atoms with Gasteiger partial charge in [0.15, 0.2) is 0 Å². The normalized spacial score (nSPS) is 20.4. The molecule has 0 bridgehead atoms. The minimum Gasteiger partial charge on any atom is -0.491 e. The molecule has 0 radical (unpaired) electrons. The van der Waals surface area contributed by atoms with Crippen molar-refractivity contribution in [2.24, 2.45) is 7.05 Å². The fraction of sp³-hybridized carbons (Fsp3) is 0.500. The van der Waals surface area contributed by atoms with Crippen LogP contribution in [0.3, 0.4) is 0 Å². The first-order valence-corrected chi connectivity index (χ1v) is 14.2. The number of ether oxygens (including phenoxy) is 2. The lowest BCUT2D eigenvalue weighted by Crippen LogP contribution is -2.35. The summed E-state index contributed by atoms with van der Waals surface area (Å²) in [7, 11) is 1.93. The summed E-state index contributed by atoms with van der Waals surface area (Å²) in [4.78, 5) is 17.5. The molecule has 0 unspecified atom stereocenters. The van der Waals surface area contributed by atoms with Crippen LogP contribution in [0, 0.1) is 0 Å². The number of carbonyl (C=O) groups excluding carboxylic acids is 1. The molecule has 1 amide bonds. The number of aryl methyl sites for hydroxylation is 1. The van der Waals surface area contributed by atoms with Crippen LogP contribution >= 0.6 is 0 Å². The lowest BCUT2D eigenvalue weighted by Gasteiger charge is -2.30. The monoisotopic (exact) mass is 567 g/mol. The van der Waals surface area contributed by atoms with Gasteiger partial charge in [0, 0.05) is 38.7 Å². The zero-order chi connectivity index (χ0) is 28.4. The molecule has 2 fully saturated rings. The number of fused-ring (bicyclic) bond motifs is 2. The van der Waals surface area contributed by atoms with E-state index in [9.17, 15) is 18.0 Å². The van der Waals surface area contributed by atoms with Gasteiger partial charge in [-0.25, -0.2) is 0 Å². The molecular weight excluding hydrogens is 535 g/mol. The number of alkyl halides is 3. The zero-order valence-corrected chi connectivity index (χ0v) is 23.0. The lowest BCUT2D eigenvalue weighted by atomic mass is 9.77. The van der Waals surface area contributed by atoms with Crippen molar-refractivity contribution in [3.05, 3.63) is 69.8 Å². The van der Waals surface area contributed by atoms with Crippen LogP contribution in [0.25, 0.3) is 0 Å². The number of benzene rings is 2. The van der Waals surface area contributed by atoms with Gasteiger partial charge in [0.05, 0.1) is 43.0 Å². The van der Waals surface area contributed by atoms with Gasteiger partial charge in [-0.1, -0.05) is 18.9 Å². The Bertz CT molecular complexity index is 1510. The number of hydrogen-bond acceptors (Lipinski definition) is 6. The molecular formula is C30H32F3N5O3. The van der Waals surface area contributed by atoms with Gasteiger partial charge in [-0.15, -0.1) is 10.2 Å². The van der Waals surface area contributed by atoms with Gasteiger partial charge in [-0.05, 0) is 53.3 Å². The maximum absolute atomic E-state index is 14.4. The summed E-state index contributed by atoms with van der Waals surface area (Å²) in [5.41, 5.74) is 2.02. The quantitative estimate of drug-likeness (QED) is 0.448. The topological polar surface area (TPSA) is 72.7 Å². The standard InChI is InChI=1S/C30H32F3N5O3/c1-36-18-34-35-28(36)29(5-2-3-6-29)21-14-20-4-9-41-26(20)25(15-21)38-17-23-22(27(38)39)12-19(13-24(23)30(31,32)33)16-37-7-10-40-11-8-37/h12-15,18H,2-11,16-17H2,1H3. The van der Waals surface area contributed by atoms with E-state index >= 15 is 0 Å². The number of anilines is 1. The number of hydrogen-bond donors (Lipinski definition) is 0. The highest BCUT2D eigenvalue weighted by Gasteiger charge is 2.45. The molecule has 0 N–H and O–H groups in total. The Morgan fingerprint density at radius 2 is 1.83 bits per heavy atom. The molecule has 2 aromatic carbocycles. The second-order valence-corrected chi connectivity index (χ2v) is 11.6. The van der Waals surface area contributed by atoms with E-state index in [4.69, 9.17) is 9.47 Å². The van der Waals surface area contributed by atoms with Crippen molar-refractivity contribution in [2.75, 3.05) is 37.8 Å². The maximum atomic E-state index is 14.4. The third-order valence-electron chi connectivity index (χ3n) is 9.12. The van der Waals surface area contributed by atoms with E-state index in [1.165, 1.54) is 11.0 Å². The highest BCUT2D eigenvalue weighted by Crippen LogP contribution is 2.50. The highest BCUT2D eigenvalue weighted by atomic mass is 19.4. The van der Waals surface area contributed by atoms with Crippen LogP contribution in [-0.2, 0) is 42.9 Å². The van der Waals surface area contributed by atoms with Gasteiger partial charge in [-0.2, -0.15) is 13.2 Å². The predicted octanol–water partition coefficient (Wildman–Crippen LogP) is 4.62. The second kappa shape index (κ2) is 9.84. The molecule has 216 valence electrons. The molecule has 1 aliphatic carbocycles. The van der Waals surface area contributed by atoms with Crippen molar-refractivity contribution >= 4 is 11.6 Å². The molecule has 1 saturated heterocycles. The number of carbonyl (C=O) groups is 1. The maximum Gasteiger partial charge on any atom is 0.416 e. The molecule has 4 heterocycles. The number of morpholine rings is 1. The van der Waals surface area contributed by atoms with E-state index in [0.717, 1.165) is 42.6 Å². The first kappa shape index (κ1) is 26.5. The average molecular weight is 568 g/mol. The number of nitrogens with zero attached hydrogens (tertiary/aromatic N) is 5. The SMILES string of the molecule is Cn1cnnc1C1(c2cc3c(c(N4Cc5c(cc(CN6CCOCC6)cc5C(F)(F)F)C4=O)c2)OCC3)CCCC1. The summed E-state index contributed by atoms with van der Waals surface area (Å²) < 4.78 is 56.5. The molecule has 3 aromatic rings. The lowest BCUT2D eigenvalue weighted by molar-refractivity contribution is -0.138. The van der Waals surface area contributed by atoms with Gasteiger partial charge in [0.25, 0.3) is 5.91 Å². The molecule has 4 aliphatic rings. The summed E-state index contributed by atoms with van der Waals surface area (Å²) in [6, 6.07) is 6.95. The Morgan fingerprint density at radius 3 is 2.54 bits per heavy atom. The van der Waals surface area contributed by atoms with E-state index in [1.807, 2.05) is 17.7 Å². The summed E-state index contributed by atoms with van der Waals surface area (Å²) in [5, 5.41) is 8.61. The number of aromatic nitrogens is 3. The Balaban J connectivity index is 1.31. The van der Waals surface area contributed by atoms with Crippen molar-refractivity contribution in [1.29, 1.82) is 0 Å². The largest absolute Gasteiger partial charge is 0.491 e. The smallest absolute Gasteiger partial charge is 0.416 e. The second-order valence-electron chi connectivity index (χ2n) is 11.6. The zero-order valence-electron chi connectivity index (χ0n) is 23.0. The highest BCUT2D eigenvalue weighted by molar-refractivity contribution is 6.11. The van der Waals surface area contributed by atoms with Crippen molar-refractivity contribution in [3.63, 3.8) is 0 Å². The van der Waals surface area contributed by atoms with E-state index in [0.29, 0.717) is 62.9 Å². The molecule has 8 nitrogen and oxygen atoms in total. The van der Waals surface area contributed by atoms with Crippen molar-refractivity contribution in [2.45, 2.75) is 56.8 Å². The van der Waals surface area contributed by atoms with Crippen molar-refractivity contribution < 1.29 is 27.4 Å². The van der Waals surface area contributed by atoms with Gasteiger partial charge in [0.1, 0.15) is 17.9 Å². The van der Waals surface area contributed by atoms with Crippen LogP contribution in [0.4, 0.5) is 18.9 Å². The van der Waals surface area contributed by atoms with Gasteiger partial charge in [-0.3, -0.25) is 9.69 Å². The molecule has 3 aliphatic heterocycles. The first-order chi connectivity index (χ1) is 19.7. The molecule has 7 rings (SSSR count). The fourth-order valence-electron chi connectivity index (χ4n) is 7.13. The fourth-order valence-corrected chi connectivity index (χ4v) is 7.13. The number of amides is 1. The van der Waals surface area contributed by atoms with E-state index < -0.39 is 17.6 Å². The van der Waals surface area contributed by atoms with Crippen LogP contribution in [-0.4, -0.2) is 58.5 Å². The van der Waals surface area contributed by atoms with Crippen LogP contribution < -0.4 is 9.64 Å². The van der Waals surface area contributed by atoms with E-state index in [2.05, 4.69) is 21.2 Å². The molecule has 41 heavy (non-hydrogen) atoms. The van der Waals surface area contributed by atoms with E-state index in [1.54, 1.807) is 12.4 Å². The molecule has 1 saturated carbocycles. The van der Waals surface area contributed by atoms with Crippen LogP contribution in [0.5, 0.6) is 5.75 Å². The summed E-state index contributed by atoms with van der Waals surface area (Å²) in [6.45, 7) is 3.01. The van der Waals surface area contributed by atoms with Crippen molar-refractivity contribution in [1.82, 2.24) is 19.7 Å². The molecule has 1 aromatic heterocycles. The van der Waals surface area contributed by atoms with E-state index in [-0.39, 0.29) is 23.1 Å². The van der Waals surface area contributed by atoms with Gasteiger partial charge < -0.3 is 18.9 Å². The predicted molar refractivity (Wildman–Crippen MR) is 144 cm³/mol. The minimum absolute atomic E-state index is 0.0225. The third-order valence-corrected chi connectivity index (χ3v) is 9.12. The number of rotatable bonds is 5. The Morgan fingerprint density at radius 1 is 1.05 bits per heavy atom. The molecule has 11 heteroatoms. The van der Waals surface area contributed by atoms with Gasteiger partial charge in [0.2, 0.25) is 0 Å². The number of halogens is 3. The van der Waals surface area contributed by atoms with Gasteiger partial charge >= 0.3 is 6.18 Å². The Kier molecular flexibility index (Phi) is 6.35. The average Bonchev–Trinajstić information content (AvgIpc) is 3.75. The minimum atomic E-state index is -4.58. The molecule has 0 atom stereocenters. The van der Waals surface area contributed by atoms with Crippen LogP contribution in [0.1, 0.15) is 69.7 Å². The summed E-state index contributed by atoms with van der Waals surface area (Å²) >= 11 is 0. The van der Waals surface area contributed by atoms with Crippen LogP contribution in [0.15, 0.2) is 30.6 Å². The third kappa shape index (κ3) is 4.41. The Hall–Kier alpha value is -3.44. The van der Waals surface area contributed by atoms with Crippen molar-refractivity contribution in [3.8, 4) is 5.75 Å².